The third-order valence-electron chi connectivity index (χ3n) is 3.05. The molecule has 7 heteroatoms. The van der Waals surface area contributed by atoms with E-state index in [0.29, 0.717) is 10.7 Å². The van der Waals surface area contributed by atoms with Crippen molar-refractivity contribution in [2.24, 2.45) is 11.6 Å². The summed E-state index contributed by atoms with van der Waals surface area (Å²) < 4.78 is 18.8. The van der Waals surface area contributed by atoms with E-state index in [-0.39, 0.29) is 18.0 Å². The van der Waals surface area contributed by atoms with Crippen molar-refractivity contribution in [3.63, 3.8) is 0 Å². The van der Waals surface area contributed by atoms with Gasteiger partial charge in [-0.05, 0) is 18.6 Å². The third-order valence-corrected chi connectivity index (χ3v) is 4.10. The molecule has 0 unspecified atom stereocenters. The van der Waals surface area contributed by atoms with Crippen LogP contribution in [0.5, 0.6) is 0 Å². The number of ether oxygens (including phenoxy) is 1. The molecule has 0 bridgehead atoms. The molecule has 1 aromatic carbocycles. The third kappa shape index (κ3) is 4.37. The number of carbonyl (C=O) groups is 1. The zero-order chi connectivity index (χ0) is 16.8. The average molecular weight is 335 g/mol. The van der Waals surface area contributed by atoms with Crippen molar-refractivity contribution in [3.8, 4) is 0 Å². The van der Waals surface area contributed by atoms with Crippen LogP contribution in [0.25, 0.3) is 0 Å². The molecule has 5 nitrogen and oxygen atoms in total. The van der Waals surface area contributed by atoms with Crippen LogP contribution >= 0.6 is 11.8 Å². The van der Waals surface area contributed by atoms with E-state index < -0.39 is 11.9 Å². The van der Waals surface area contributed by atoms with Crippen molar-refractivity contribution in [2.75, 3.05) is 6.61 Å². The van der Waals surface area contributed by atoms with Gasteiger partial charge in [0.2, 0.25) is 5.95 Å². The summed E-state index contributed by atoms with van der Waals surface area (Å²) in [5, 5.41) is 0.735. The molecular weight excluding hydrogens is 317 g/mol. The molecule has 0 atom stereocenters. The molecule has 0 aliphatic carbocycles. The van der Waals surface area contributed by atoms with E-state index in [1.54, 1.807) is 13.0 Å². The first-order chi connectivity index (χ1) is 11.0. The maximum atomic E-state index is 14.0. The fourth-order valence-corrected chi connectivity index (χ4v) is 2.79. The summed E-state index contributed by atoms with van der Waals surface area (Å²) in [5.74, 6) is 4.86. The van der Waals surface area contributed by atoms with Gasteiger partial charge in [-0.1, -0.05) is 30.3 Å². The molecule has 0 amide bonds. The number of nitrogens with two attached hydrogens (primary N) is 2. The molecule has 1 aromatic rings. The lowest BCUT2D eigenvalue weighted by atomic mass is 10.2. The number of carbonyl (C=O) groups excluding carboxylic acids is 1. The van der Waals surface area contributed by atoms with Crippen molar-refractivity contribution in [3.05, 3.63) is 70.3 Å². The number of benzene rings is 1. The van der Waals surface area contributed by atoms with Crippen molar-refractivity contribution < 1.29 is 13.9 Å². The predicted molar refractivity (Wildman–Crippen MR) is 88.9 cm³/mol. The standard InChI is InChI=1S/C16H18FN3O2S/c1-2-22-16(21)15(18)13-8-12(9-14(17)20(13)19)23-10-11-6-4-3-5-7-11/h3-9H,2,10,18-19H2,1H3/b15-13-. The number of hydrogen-bond acceptors (Lipinski definition) is 6. The second-order valence-electron chi connectivity index (χ2n) is 4.68. The van der Waals surface area contributed by atoms with Crippen LogP contribution in [-0.4, -0.2) is 17.6 Å². The lowest BCUT2D eigenvalue weighted by Gasteiger charge is -2.23. The molecule has 0 spiro atoms. The highest BCUT2D eigenvalue weighted by atomic mass is 32.2. The van der Waals surface area contributed by atoms with E-state index >= 15 is 0 Å². The van der Waals surface area contributed by atoms with Crippen LogP contribution in [0.3, 0.4) is 0 Å². The van der Waals surface area contributed by atoms with Crippen molar-refractivity contribution >= 4 is 17.7 Å². The van der Waals surface area contributed by atoms with Crippen LogP contribution in [-0.2, 0) is 15.3 Å². The SMILES string of the molecule is CCOC(=O)/C(N)=C1\C=C(SCc2ccccc2)C=C(F)N1N. The van der Waals surface area contributed by atoms with Crippen LogP contribution in [0.15, 0.2) is 64.7 Å². The topological polar surface area (TPSA) is 81.6 Å². The molecule has 0 radical (unpaired) electrons. The summed E-state index contributed by atoms with van der Waals surface area (Å²) >= 11 is 1.42. The van der Waals surface area contributed by atoms with Gasteiger partial charge < -0.3 is 10.5 Å². The van der Waals surface area contributed by atoms with Gasteiger partial charge >= 0.3 is 5.97 Å². The maximum Gasteiger partial charge on any atom is 0.356 e. The fraction of sp³-hybridized carbons (Fsp3) is 0.188. The zero-order valence-corrected chi connectivity index (χ0v) is 13.5. The summed E-state index contributed by atoms with van der Waals surface area (Å²) in [6.45, 7) is 1.84. The van der Waals surface area contributed by atoms with Crippen LogP contribution in [0.2, 0.25) is 0 Å². The Morgan fingerprint density at radius 3 is 2.65 bits per heavy atom. The number of rotatable bonds is 5. The van der Waals surface area contributed by atoms with E-state index in [4.69, 9.17) is 16.3 Å². The first kappa shape index (κ1) is 17.1. The molecule has 2 rings (SSSR count). The number of hydrogen-bond donors (Lipinski definition) is 2. The van der Waals surface area contributed by atoms with Crippen LogP contribution in [0, 0.1) is 0 Å². The van der Waals surface area contributed by atoms with Crippen LogP contribution in [0.4, 0.5) is 4.39 Å². The monoisotopic (exact) mass is 335 g/mol. The highest BCUT2D eigenvalue weighted by Gasteiger charge is 2.22. The highest BCUT2D eigenvalue weighted by molar-refractivity contribution is 8.02. The fourth-order valence-electron chi connectivity index (χ4n) is 1.89. The molecule has 1 heterocycles. The second kappa shape index (κ2) is 7.85. The van der Waals surface area contributed by atoms with Crippen LogP contribution in [0.1, 0.15) is 12.5 Å². The smallest absolute Gasteiger partial charge is 0.356 e. The second-order valence-corrected chi connectivity index (χ2v) is 5.73. The average Bonchev–Trinajstić information content (AvgIpc) is 2.56. The molecule has 122 valence electrons. The van der Waals surface area contributed by atoms with Crippen molar-refractivity contribution in [1.82, 2.24) is 5.01 Å². The lowest BCUT2D eigenvalue weighted by Crippen LogP contribution is -2.33. The Labute approximate surface area is 138 Å². The summed E-state index contributed by atoms with van der Waals surface area (Å²) in [7, 11) is 0. The molecule has 1 aliphatic heterocycles. The normalized spacial score (nSPS) is 16.6. The summed E-state index contributed by atoms with van der Waals surface area (Å²) in [6.07, 6.45) is 2.87. The predicted octanol–water partition coefficient (Wildman–Crippen LogP) is 2.54. The highest BCUT2D eigenvalue weighted by Crippen LogP contribution is 2.31. The number of halogens is 1. The molecule has 0 fully saturated rings. The molecule has 23 heavy (non-hydrogen) atoms. The van der Waals surface area contributed by atoms with E-state index in [0.717, 1.165) is 10.6 Å². The minimum Gasteiger partial charge on any atom is -0.461 e. The molecule has 0 saturated heterocycles. The lowest BCUT2D eigenvalue weighted by molar-refractivity contribution is -0.138. The molecule has 0 saturated carbocycles. The molecular formula is C16H18FN3O2S. The van der Waals surface area contributed by atoms with E-state index in [9.17, 15) is 9.18 Å². The number of hydrazine groups is 1. The van der Waals surface area contributed by atoms with E-state index in [1.165, 1.54) is 17.8 Å². The van der Waals surface area contributed by atoms with Crippen molar-refractivity contribution in [2.45, 2.75) is 12.7 Å². The van der Waals surface area contributed by atoms with Gasteiger partial charge in [0.05, 0.1) is 12.3 Å². The number of esters is 1. The maximum absolute atomic E-state index is 14.0. The summed E-state index contributed by atoms with van der Waals surface area (Å²) in [5.41, 5.74) is 6.69. The summed E-state index contributed by atoms with van der Waals surface area (Å²) in [4.78, 5) is 12.3. The Balaban J connectivity index is 2.20. The first-order valence-corrected chi connectivity index (χ1v) is 7.98. The minimum atomic E-state index is -0.726. The van der Waals surface area contributed by atoms with Gasteiger partial charge in [-0.3, -0.25) is 5.01 Å². The number of thioether (sulfide) groups is 1. The number of allylic oxidation sites excluding steroid dienone is 2. The molecule has 1 aliphatic rings. The Kier molecular flexibility index (Phi) is 5.84. The Morgan fingerprint density at radius 2 is 2.00 bits per heavy atom. The van der Waals surface area contributed by atoms with Gasteiger partial charge in [0.25, 0.3) is 0 Å². The molecule has 0 aromatic heterocycles. The Hall–Kier alpha value is -2.25. The van der Waals surface area contributed by atoms with Gasteiger partial charge in [-0.15, -0.1) is 11.8 Å². The molecule has 4 N–H and O–H groups in total. The minimum absolute atomic E-state index is 0.0824. The van der Waals surface area contributed by atoms with Gasteiger partial charge in [0.15, 0.2) is 0 Å². The number of nitrogens with zero attached hydrogens (tertiary/aromatic N) is 1. The van der Waals surface area contributed by atoms with Gasteiger partial charge in [-0.2, -0.15) is 4.39 Å². The van der Waals surface area contributed by atoms with Gasteiger partial charge in [0.1, 0.15) is 5.70 Å². The quantitative estimate of drug-likeness (QED) is 0.372. The van der Waals surface area contributed by atoms with E-state index in [2.05, 4.69) is 0 Å². The van der Waals surface area contributed by atoms with Crippen molar-refractivity contribution in [1.29, 1.82) is 0 Å². The first-order valence-electron chi connectivity index (χ1n) is 7.00. The Bertz CT molecular complexity index is 671. The van der Waals surface area contributed by atoms with Crippen LogP contribution < -0.4 is 11.6 Å². The Morgan fingerprint density at radius 1 is 1.30 bits per heavy atom. The van der Waals surface area contributed by atoms with Gasteiger partial charge in [-0.25, -0.2) is 10.6 Å². The van der Waals surface area contributed by atoms with Gasteiger partial charge in [0, 0.05) is 16.7 Å². The summed E-state index contributed by atoms with van der Waals surface area (Å²) in [6, 6.07) is 9.77. The largest absolute Gasteiger partial charge is 0.461 e. The van der Waals surface area contributed by atoms with E-state index in [1.807, 2.05) is 30.3 Å². The zero-order valence-electron chi connectivity index (χ0n) is 12.7.